The predicted octanol–water partition coefficient (Wildman–Crippen LogP) is 7.80. The first-order chi connectivity index (χ1) is 15.1. The standard InChI is InChI=1S/C30H52O2/c1-21(8-7-19-32-6)9-10-22(2)25-13-14-26-24-12-11-23-20-28(3,31)17-18-29(23,4)27(24)15-16-30(25,26)5/h11,21-22,24-27,31H,7-10,12-20H2,1-6H3/t21-,22+,24-,25?,26?,27?,28-,29?,30?/m0/s1. The lowest BCUT2D eigenvalue weighted by Crippen LogP contribution is -2.52. The third-order valence-electron chi connectivity index (χ3n) is 11.3. The van der Waals surface area contributed by atoms with E-state index in [0.717, 1.165) is 55.0 Å². The third kappa shape index (κ3) is 4.49. The molecule has 2 nitrogen and oxygen atoms in total. The van der Waals surface area contributed by atoms with Crippen molar-refractivity contribution in [3.05, 3.63) is 11.6 Å². The van der Waals surface area contributed by atoms with E-state index < -0.39 is 5.60 Å². The number of methoxy groups -OCH3 is 1. The lowest BCUT2D eigenvalue weighted by molar-refractivity contribution is -0.0706. The molecule has 4 rings (SSSR count). The molecule has 9 atom stereocenters. The fourth-order valence-electron chi connectivity index (χ4n) is 9.25. The van der Waals surface area contributed by atoms with Crippen molar-refractivity contribution < 1.29 is 9.84 Å². The van der Waals surface area contributed by atoms with E-state index in [0.29, 0.717) is 10.8 Å². The van der Waals surface area contributed by atoms with Gasteiger partial charge in [-0.3, -0.25) is 0 Å². The van der Waals surface area contributed by atoms with Crippen molar-refractivity contribution in [1.29, 1.82) is 0 Å². The van der Waals surface area contributed by atoms with E-state index in [4.69, 9.17) is 4.74 Å². The Morgan fingerprint density at radius 3 is 2.53 bits per heavy atom. The summed E-state index contributed by atoms with van der Waals surface area (Å²) in [5, 5.41) is 10.7. The molecule has 0 bridgehead atoms. The molecule has 5 unspecified atom stereocenters. The van der Waals surface area contributed by atoms with Gasteiger partial charge in [-0.2, -0.15) is 0 Å². The van der Waals surface area contributed by atoms with E-state index in [1.165, 1.54) is 64.2 Å². The van der Waals surface area contributed by atoms with Crippen LogP contribution in [0.25, 0.3) is 0 Å². The highest BCUT2D eigenvalue weighted by molar-refractivity contribution is 5.26. The zero-order chi connectivity index (χ0) is 23.1. The summed E-state index contributed by atoms with van der Waals surface area (Å²) in [6, 6.07) is 0. The first-order valence-corrected chi connectivity index (χ1v) is 14.0. The molecule has 0 amide bonds. The molecule has 0 aromatic heterocycles. The van der Waals surface area contributed by atoms with Gasteiger partial charge >= 0.3 is 0 Å². The summed E-state index contributed by atoms with van der Waals surface area (Å²) < 4.78 is 5.25. The van der Waals surface area contributed by atoms with Gasteiger partial charge in [-0.25, -0.2) is 0 Å². The second-order valence-corrected chi connectivity index (χ2v) is 13.5. The average Bonchev–Trinajstić information content (AvgIpc) is 3.10. The molecule has 0 aromatic rings. The number of allylic oxidation sites excluding steroid dienone is 1. The van der Waals surface area contributed by atoms with Crippen molar-refractivity contribution in [3.8, 4) is 0 Å². The number of ether oxygens (including phenoxy) is 1. The first kappa shape index (κ1) is 24.8. The maximum atomic E-state index is 10.7. The van der Waals surface area contributed by atoms with E-state index in [2.05, 4.69) is 40.7 Å². The molecule has 0 spiro atoms. The number of rotatable bonds is 8. The van der Waals surface area contributed by atoms with Gasteiger partial charge < -0.3 is 9.84 Å². The van der Waals surface area contributed by atoms with Crippen LogP contribution in [0, 0.1) is 46.3 Å². The number of hydrogen-bond donors (Lipinski definition) is 1. The van der Waals surface area contributed by atoms with Crippen molar-refractivity contribution in [1.82, 2.24) is 0 Å². The Balaban J connectivity index is 1.41. The van der Waals surface area contributed by atoms with Crippen LogP contribution in [-0.4, -0.2) is 24.4 Å². The molecule has 0 saturated heterocycles. The molecule has 32 heavy (non-hydrogen) atoms. The Hall–Kier alpha value is -0.340. The topological polar surface area (TPSA) is 29.5 Å². The van der Waals surface area contributed by atoms with E-state index in [1.807, 2.05) is 7.11 Å². The highest BCUT2D eigenvalue weighted by Crippen LogP contribution is 2.67. The van der Waals surface area contributed by atoms with Gasteiger partial charge in [0.2, 0.25) is 0 Å². The van der Waals surface area contributed by atoms with Crippen LogP contribution in [0.5, 0.6) is 0 Å². The smallest absolute Gasteiger partial charge is 0.0657 e. The number of hydrogen-bond acceptors (Lipinski definition) is 2. The minimum atomic E-state index is -0.476. The molecular formula is C30H52O2. The molecule has 3 fully saturated rings. The largest absolute Gasteiger partial charge is 0.390 e. The van der Waals surface area contributed by atoms with Gasteiger partial charge in [0, 0.05) is 13.7 Å². The molecule has 4 aliphatic rings. The van der Waals surface area contributed by atoms with Gasteiger partial charge in [0.1, 0.15) is 0 Å². The molecule has 0 aliphatic heterocycles. The maximum Gasteiger partial charge on any atom is 0.0657 e. The lowest BCUT2D eigenvalue weighted by Gasteiger charge is -2.59. The quantitative estimate of drug-likeness (QED) is 0.306. The Morgan fingerprint density at radius 1 is 1.00 bits per heavy atom. The molecule has 2 heteroatoms. The summed E-state index contributed by atoms with van der Waals surface area (Å²) in [6.07, 6.45) is 18.1. The van der Waals surface area contributed by atoms with Crippen LogP contribution in [0.3, 0.4) is 0 Å². The minimum Gasteiger partial charge on any atom is -0.390 e. The first-order valence-electron chi connectivity index (χ1n) is 14.0. The highest BCUT2D eigenvalue weighted by atomic mass is 16.5. The van der Waals surface area contributed by atoms with Crippen LogP contribution in [0.2, 0.25) is 0 Å². The fraction of sp³-hybridized carbons (Fsp3) is 0.933. The number of aliphatic hydroxyl groups is 1. The zero-order valence-corrected chi connectivity index (χ0v) is 22.1. The van der Waals surface area contributed by atoms with Gasteiger partial charge in [0.05, 0.1) is 5.60 Å². The van der Waals surface area contributed by atoms with Crippen molar-refractivity contribution in [2.24, 2.45) is 46.3 Å². The summed E-state index contributed by atoms with van der Waals surface area (Å²) >= 11 is 0. The highest BCUT2D eigenvalue weighted by Gasteiger charge is 2.59. The van der Waals surface area contributed by atoms with Crippen LogP contribution in [0.1, 0.15) is 112 Å². The summed E-state index contributed by atoms with van der Waals surface area (Å²) in [6.45, 7) is 13.2. The van der Waals surface area contributed by atoms with Gasteiger partial charge in [0.15, 0.2) is 0 Å². The van der Waals surface area contributed by atoms with Crippen molar-refractivity contribution in [3.63, 3.8) is 0 Å². The maximum absolute atomic E-state index is 10.7. The molecule has 0 aromatic carbocycles. The van der Waals surface area contributed by atoms with Crippen LogP contribution in [-0.2, 0) is 4.74 Å². The molecular weight excluding hydrogens is 392 g/mol. The van der Waals surface area contributed by atoms with Gasteiger partial charge in [-0.1, -0.05) is 52.2 Å². The molecule has 0 heterocycles. The third-order valence-corrected chi connectivity index (χ3v) is 11.3. The van der Waals surface area contributed by atoms with Crippen LogP contribution >= 0.6 is 0 Å². The molecule has 0 radical (unpaired) electrons. The normalized spacial score (nSPS) is 45.4. The lowest BCUT2D eigenvalue weighted by atomic mass is 9.46. The second kappa shape index (κ2) is 9.37. The fourth-order valence-corrected chi connectivity index (χ4v) is 9.25. The van der Waals surface area contributed by atoms with Crippen molar-refractivity contribution >= 4 is 0 Å². The second-order valence-electron chi connectivity index (χ2n) is 13.5. The van der Waals surface area contributed by atoms with E-state index >= 15 is 0 Å². The average molecular weight is 445 g/mol. The van der Waals surface area contributed by atoms with Crippen molar-refractivity contribution in [2.45, 2.75) is 117 Å². The Morgan fingerprint density at radius 2 is 1.78 bits per heavy atom. The molecule has 4 aliphatic carbocycles. The summed E-state index contributed by atoms with van der Waals surface area (Å²) in [7, 11) is 1.82. The molecule has 184 valence electrons. The SMILES string of the molecule is COCCC[C@H](C)CC[C@@H](C)C1CCC2[C@@H]3CC=C4C[C@@](C)(O)CCC4(C)C3CCC21C. The molecule has 3 saturated carbocycles. The molecule has 1 N–H and O–H groups in total. The predicted molar refractivity (Wildman–Crippen MR) is 134 cm³/mol. The minimum absolute atomic E-state index is 0.355. The van der Waals surface area contributed by atoms with Gasteiger partial charge in [-0.15, -0.1) is 0 Å². The van der Waals surface area contributed by atoms with Gasteiger partial charge in [-0.05, 0) is 117 Å². The van der Waals surface area contributed by atoms with E-state index in [9.17, 15) is 5.11 Å². The Bertz CT molecular complexity index is 680. The van der Waals surface area contributed by atoms with Crippen LogP contribution < -0.4 is 0 Å². The summed E-state index contributed by atoms with van der Waals surface area (Å²) in [5.74, 6) is 5.28. The van der Waals surface area contributed by atoms with E-state index in [1.54, 1.807) is 5.57 Å². The van der Waals surface area contributed by atoms with Crippen LogP contribution in [0.4, 0.5) is 0 Å². The Labute approximate surface area is 199 Å². The Kier molecular flexibility index (Phi) is 7.25. The van der Waals surface area contributed by atoms with Crippen LogP contribution in [0.15, 0.2) is 11.6 Å². The summed E-state index contributed by atoms with van der Waals surface area (Å²) in [5.41, 5.74) is 2.04. The van der Waals surface area contributed by atoms with Crippen molar-refractivity contribution in [2.75, 3.05) is 13.7 Å². The zero-order valence-electron chi connectivity index (χ0n) is 22.1. The van der Waals surface area contributed by atoms with Gasteiger partial charge in [0.25, 0.3) is 0 Å². The van der Waals surface area contributed by atoms with E-state index in [-0.39, 0.29) is 0 Å². The monoisotopic (exact) mass is 444 g/mol. The number of fused-ring (bicyclic) bond motifs is 5. The summed E-state index contributed by atoms with van der Waals surface area (Å²) in [4.78, 5) is 0.